The fourth-order valence-electron chi connectivity index (χ4n) is 4.21. The van der Waals surface area contributed by atoms with Crippen LogP contribution >= 0.6 is 0 Å². The Morgan fingerprint density at radius 3 is 2.70 bits per heavy atom. The third-order valence-corrected chi connectivity index (χ3v) is 5.80. The first kappa shape index (κ1) is 22.8. The van der Waals surface area contributed by atoms with Crippen molar-refractivity contribution in [1.82, 2.24) is 14.8 Å². The van der Waals surface area contributed by atoms with Crippen molar-refractivity contribution in [2.75, 3.05) is 5.32 Å². The molecule has 0 bridgehead atoms. The molecular formula is C25H26F2N4O2. The largest absolute Gasteiger partial charge is 0.323 e. The van der Waals surface area contributed by atoms with Gasteiger partial charge in [0.1, 0.15) is 17.5 Å². The van der Waals surface area contributed by atoms with E-state index < -0.39 is 11.6 Å². The lowest BCUT2D eigenvalue weighted by Gasteiger charge is -2.11. The SMILES string of the molecule is CCCC(=O)c1nc2n(n1)C(c1ccccc1)CC2.O=C1CCCc2cc(F)cc(F)c2N1. The zero-order valence-electron chi connectivity index (χ0n) is 18.5. The third-order valence-electron chi connectivity index (χ3n) is 5.80. The molecule has 1 N–H and O–H groups in total. The van der Waals surface area contributed by atoms with Crippen LogP contribution in [0.1, 0.15) is 72.6 Å². The van der Waals surface area contributed by atoms with Crippen molar-refractivity contribution in [2.45, 2.75) is 57.9 Å². The summed E-state index contributed by atoms with van der Waals surface area (Å²) < 4.78 is 28.0. The molecule has 2 aromatic carbocycles. The summed E-state index contributed by atoms with van der Waals surface area (Å²) in [5, 5.41) is 6.86. The number of rotatable bonds is 4. The molecular weight excluding hydrogens is 426 g/mol. The van der Waals surface area contributed by atoms with E-state index in [1.165, 1.54) is 11.6 Å². The number of carbonyl (C=O) groups is 2. The van der Waals surface area contributed by atoms with Crippen molar-refractivity contribution in [2.24, 2.45) is 0 Å². The smallest absolute Gasteiger partial charge is 0.224 e. The van der Waals surface area contributed by atoms with E-state index in [9.17, 15) is 18.4 Å². The summed E-state index contributed by atoms with van der Waals surface area (Å²) in [6.07, 6.45) is 4.79. The summed E-state index contributed by atoms with van der Waals surface area (Å²) in [5.41, 5.74) is 1.91. The van der Waals surface area contributed by atoms with E-state index in [4.69, 9.17) is 0 Å². The number of nitrogens with one attached hydrogen (secondary N) is 1. The van der Waals surface area contributed by atoms with Crippen LogP contribution in [0, 0.1) is 11.6 Å². The summed E-state index contributed by atoms with van der Waals surface area (Å²) >= 11 is 0. The van der Waals surface area contributed by atoms with Gasteiger partial charge in [0.25, 0.3) is 0 Å². The van der Waals surface area contributed by atoms with Crippen molar-refractivity contribution >= 4 is 17.4 Å². The Balaban J connectivity index is 0.000000165. The number of aromatic nitrogens is 3. The van der Waals surface area contributed by atoms with Crippen LogP contribution in [0.2, 0.25) is 0 Å². The molecule has 0 fully saturated rings. The molecule has 8 heteroatoms. The first-order valence-corrected chi connectivity index (χ1v) is 11.3. The zero-order chi connectivity index (χ0) is 23.4. The van der Waals surface area contributed by atoms with Gasteiger partial charge in [0.2, 0.25) is 17.5 Å². The molecule has 2 aliphatic heterocycles. The fraction of sp³-hybridized carbons (Fsp3) is 0.360. The highest BCUT2D eigenvalue weighted by molar-refractivity contribution is 5.92. The summed E-state index contributed by atoms with van der Waals surface area (Å²) in [6, 6.07) is 12.6. The Bertz CT molecular complexity index is 1160. The molecule has 0 spiro atoms. The maximum absolute atomic E-state index is 13.2. The van der Waals surface area contributed by atoms with Crippen molar-refractivity contribution in [1.29, 1.82) is 0 Å². The first-order valence-electron chi connectivity index (χ1n) is 11.3. The molecule has 5 rings (SSSR count). The standard InChI is InChI=1S/C15H17N3O.C10H9F2NO/c1-2-6-13(19)15-16-14-10-9-12(18(14)17-15)11-7-4-3-5-8-11;11-7-4-6-2-1-3-9(14)13-10(6)8(12)5-7/h3-5,7-8,12H,2,6,9-10H2,1H3;4-5H,1-3H2,(H,13,14). The monoisotopic (exact) mass is 452 g/mol. The van der Waals surface area contributed by atoms with Crippen LogP contribution in [0.5, 0.6) is 0 Å². The van der Waals surface area contributed by atoms with E-state index in [1.54, 1.807) is 0 Å². The van der Waals surface area contributed by atoms with Crippen LogP contribution in [0.25, 0.3) is 0 Å². The van der Waals surface area contributed by atoms with E-state index >= 15 is 0 Å². The molecule has 1 unspecified atom stereocenters. The molecule has 33 heavy (non-hydrogen) atoms. The van der Waals surface area contributed by atoms with Gasteiger partial charge in [-0.3, -0.25) is 9.59 Å². The van der Waals surface area contributed by atoms with Gasteiger partial charge in [0.05, 0.1) is 11.7 Å². The zero-order valence-corrected chi connectivity index (χ0v) is 18.5. The molecule has 2 aliphatic rings. The molecule has 1 atom stereocenters. The van der Waals surface area contributed by atoms with E-state index in [2.05, 4.69) is 27.5 Å². The lowest BCUT2D eigenvalue weighted by atomic mass is 10.1. The average molecular weight is 453 g/mol. The van der Waals surface area contributed by atoms with Crippen LogP contribution in [0.4, 0.5) is 14.5 Å². The number of halogens is 2. The van der Waals surface area contributed by atoms with Crippen LogP contribution in [0.15, 0.2) is 42.5 Å². The van der Waals surface area contributed by atoms with E-state index in [0.717, 1.165) is 31.2 Å². The Morgan fingerprint density at radius 2 is 1.94 bits per heavy atom. The lowest BCUT2D eigenvalue weighted by Crippen LogP contribution is -2.10. The topological polar surface area (TPSA) is 76.9 Å². The van der Waals surface area contributed by atoms with Gasteiger partial charge in [-0.05, 0) is 42.9 Å². The number of hydrogen-bond acceptors (Lipinski definition) is 4. The lowest BCUT2D eigenvalue weighted by molar-refractivity contribution is -0.116. The van der Waals surface area contributed by atoms with Gasteiger partial charge < -0.3 is 5.32 Å². The molecule has 0 radical (unpaired) electrons. The van der Waals surface area contributed by atoms with Gasteiger partial charge in [-0.1, -0.05) is 37.3 Å². The van der Waals surface area contributed by atoms with Crippen LogP contribution in [-0.2, 0) is 17.6 Å². The van der Waals surface area contributed by atoms with Crippen LogP contribution in [-0.4, -0.2) is 26.5 Å². The van der Waals surface area contributed by atoms with E-state index in [0.29, 0.717) is 37.1 Å². The number of ketones is 1. The molecule has 6 nitrogen and oxygen atoms in total. The van der Waals surface area contributed by atoms with E-state index in [1.807, 2.05) is 29.8 Å². The number of amides is 1. The van der Waals surface area contributed by atoms with Crippen molar-refractivity contribution < 1.29 is 18.4 Å². The van der Waals surface area contributed by atoms with Crippen LogP contribution in [0.3, 0.4) is 0 Å². The number of aryl methyl sites for hydroxylation is 2. The third kappa shape index (κ3) is 5.16. The minimum Gasteiger partial charge on any atom is -0.323 e. The molecule has 1 aromatic heterocycles. The molecule has 3 heterocycles. The highest BCUT2D eigenvalue weighted by Gasteiger charge is 2.28. The molecule has 1 amide bonds. The van der Waals surface area contributed by atoms with Crippen molar-refractivity contribution in [3.63, 3.8) is 0 Å². The van der Waals surface area contributed by atoms with Gasteiger partial charge in [-0.2, -0.15) is 0 Å². The molecule has 0 saturated heterocycles. The Hall–Kier alpha value is -3.42. The summed E-state index contributed by atoms with van der Waals surface area (Å²) in [5.74, 6) is -0.135. The van der Waals surface area contributed by atoms with Gasteiger partial charge in [0.15, 0.2) is 0 Å². The normalized spacial score (nSPS) is 16.7. The highest BCUT2D eigenvalue weighted by atomic mass is 19.1. The summed E-state index contributed by atoms with van der Waals surface area (Å²) in [4.78, 5) is 27.4. The number of hydrogen-bond donors (Lipinski definition) is 1. The second kappa shape index (κ2) is 10.0. The van der Waals surface area contributed by atoms with Gasteiger partial charge >= 0.3 is 0 Å². The first-order chi connectivity index (χ1) is 16.0. The van der Waals surface area contributed by atoms with Gasteiger partial charge in [-0.15, -0.1) is 5.10 Å². The second-order valence-electron chi connectivity index (χ2n) is 8.26. The van der Waals surface area contributed by atoms with E-state index in [-0.39, 0.29) is 23.4 Å². The number of carbonyl (C=O) groups excluding carboxylic acids is 2. The molecule has 0 aliphatic carbocycles. The molecule has 3 aromatic rings. The summed E-state index contributed by atoms with van der Waals surface area (Å²) in [7, 11) is 0. The van der Waals surface area contributed by atoms with Crippen LogP contribution < -0.4 is 5.32 Å². The predicted octanol–water partition coefficient (Wildman–Crippen LogP) is 5.04. The van der Waals surface area contributed by atoms with Crippen molar-refractivity contribution in [3.8, 4) is 0 Å². The number of Topliss-reactive ketones (excluding diaryl/α,β-unsaturated/α-hetero) is 1. The van der Waals surface area contributed by atoms with Gasteiger partial charge in [-0.25, -0.2) is 18.4 Å². The number of nitrogens with zero attached hydrogens (tertiary/aromatic N) is 3. The maximum atomic E-state index is 13.2. The minimum absolute atomic E-state index is 0.0520. The second-order valence-corrected chi connectivity index (χ2v) is 8.26. The molecule has 0 saturated carbocycles. The Morgan fingerprint density at radius 1 is 1.15 bits per heavy atom. The minimum atomic E-state index is -0.699. The average Bonchev–Trinajstić information content (AvgIpc) is 3.33. The maximum Gasteiger partial charge on any atom is 0.224 e. The van der Waals surface area contributed by atoms with Gasteiger partial charge in [0, 0.05) is 25.3 Å². The molecule has 172 valence electrons. The Labute approximate surface area is 191 Å². The number of anilines is 1. The Kier molecular flexibility index (Phi) is 6.91. The summed E-state index contributed by atoms with van der Waals surface area (Å²) in [6.45, 7) is 1.99. The highest BCUT2D eigenvalue weighted by Crippen LogP contribution is 2.30. The fourth-order valence-corrected chi connectivity index (χ4v) is 4.21. The predicted molar refractivity (Wildman–Crippen MR) is 120 cm³/mol. The number of benzene rings is 2. The quantitative estimate of drug-likeness (QED) is 0.563. The number of fused-ring (bicyclic) bond motifs is 2. The van der Waals surface area contributed by atoms with Crippen molar-refractivity contribution in [3.05, 3.63) is 76.9 Å².